The maximum Gasteiger partial charge on any atom is 0.248 e. The van der Waals surface area contributed by atoms with Crippen LogP contribution in [0, 0.1) is 0 Å². The van der Waals surface area contributed by atoms with Crippen molar-refractivity contribution in [3.63, 3.8) is 0 Å². The Labute approximate surface area is 153 Å². The third kappa shape index (κ3) is 4.46. The van der Waals surface area contributed by atoms with Crippen LogP contribution in [0.25, 0.3) is 0 Å². The van der Waals surface area contributed by atoms with Gasteiger partial charge in [0.05, 0.1) is 19.4 Å². The van der Waals surface area contributed by atoms with Crippen molar-refractivity contribution in [2.24, 2.45) is 0 Å². The van der Waals surface area contributed by atoms with E-state index in [1.54, 1.807) is 19.2 Å². The van der Waals surface area contributed by atoms with Gasteiger partial charge in [-0.3, -0.25) is 4.79 Å². The van der Waals surface area contributed by atoms with Crippen LogP contribution in [-0.4, -0.2) is 55.8 Å². The van der Waals surface area contributed by atoms with Crippen molar-refractivity contribution in [2.45, 2.75) is 6.61 Å². The predicted molar refractivity (Wildman–Crippen MR) is 99.5 cm³/mol. The number of carbonyl (C=O) groups excluding carboxylic acids is 1. The SMILES string of the molecule is COc1cccc(COCC(=O)N2CCN(c3ccccc3O)CC2)c1. The van der Waals surface area contributed by atoms with E-state index in [1.807, 2.05) is 41.3 Å². The van der Waals surface area contributed by atoms with Gasteiger partial charge in [-0.15, -0.1) is 0 Å². The molecule has 0 saturated carbocycles. The molecule has 1 saturated heterocycles. The molecule has 1 amide bonds. The molecule has 1 aliphatic rings. The third-order valence-electron chi connectivity index (χ3n) is 4.48. The number of hydrogen-bond acceptors (Lipinski definition) is 5. The lowest BCUT2D eigenvalue weighted by Crippen LogP contribution is -2.49. The lowest BCUT2D eigenvalue weighted by atomic mass is 10.2. The van der Waals surface area contributed by atoms with Gasteiger partial charge in [0.25, 0.3) is 0 Å². The summed E-state index contributed by atoms with van der Waals surface area (Å²) in [6.07, 6.45) is 0. The van der Waals surface area contributed by atoms with Crippen LogP contribution >= 0.6 is 0 Å². The van der Waals surface area contributed by atoms with Gasteiger partial charge in [0.1, 0.15) is 18.1 Å². The monoisotopic (exact) mass is 356 g/mol. The zero-order valence-electron chi connectivity index (χ0n) is 14.9. The van der Waals surface area contributed by atoms with Gasteiger partial charge in [-0.2, -0.15) is 0 Å². The molecule has 0 atom stereocenters. The van der Waals surface area contributed by atoms with Crippen molar-refractivity contribution in [2.75, 3.05) is 44.8 Å². The number of phenolic OH excluding ortho intramolecular Hbond substituents is 1. The number of anilines is 1. The number of ether oxygens (including phenoxy) is 2. The Hall–Kier alpha value is -2.73. The average molecular weight is 356 g/mol. The van der Waals surface area contributed by atoms with Gasteiger partial charge in [-0.1, -0.05) is 24.3 Å². The number of carbonyl (C=O) groups is 1. The fraction of sp³-hybridized carbons (Fsp3) is 0.350. The van der Waals surface area contributed by atoms with Crippen molar-refractivity contribution < 1.29 is 19.4 Å². The van der Waals surface area contributed by atoms with Crippen LogP contribution in [0.4, 0.5) is 5.69 Å². The first kappa shape index (κ1) is 18.1. The molecule has 26 heavy (non-hydrogen) atoms. The highest BCUT2D eigenvalue weighted by Gasteiger charge is 2.22. The molecule has 0 aromatic heterocycles. The molecule has 1 aliphatic heterocycles. The zero-order chi connectivity index (χ0) is 18.4. The van der Waals surface area contributed by atoms with Gasteiger partial charge in [0.2, 0.25) is 5.91 Å². The summed E-state index contributed by atoms with van der Waals surface area (Å²) in [7, 11) is 1.62. The molecular formula is C20H24N2O4. The van der Waals surface area contributed by atoms with Gasteiger partial charge < -0.3 is 24.4 Å². The molecule has 3 rings (SSSR count). The molecule has 6 nitrogen and oxygen atoms in total. The highest BCUT2D eigenvalue weighted by molar-refractivity contribution is 5.77. The van der Waals surface area contributed by atoms with Crippen molar-refractivity contribution in [1.29, 1.82) is 0 Å². The molecule has 1 N–H and O–H groups in total. The van der Waals surface area contributed by atoms with Crippen LogP contribution in [0.15, 0.2) is 48.5 Å². The fourth-order valence-corrected chi connectivity index (χ4v) is 3.04. The first-order valence-corrected chi connectivity index (χ1v) is 8.69. The summed E-state index contributed by atoms with van der Waals surface area (Å²) in [5.74, 6) is 1.04. The second-order valence-electron chi connectivity index (χ2n) is 6.20. The van der Waals surface area contributed by atoms with Crippen LogP contribution in [0.3, 0.4) is 0 Å². The van der Waals surface area contributed by atoms with Crippen LogP contribution in [0.2, 0.25) is 0 Å². The molecule has 0 spiro atoms. The van der Waals surface area contributed by atoms with Crippen LogP contribution in [-0.2, 0) is 16.1 Å². The second-order valence-corrected chi connectivity index (χ2v) is 6.20. The Kier molecular flexibility index (Phi) is 5.96. The molecule has 1 heterocycles. The van der Waals surface area contributed by atoms with Crippen LogP contribution in [0.1, 0.15) is 5.56 Å². The summed E-state index contributed by atoms with van der Waals surface area (Å²) in [5.41, 5.74) is 1.79. The maximum atomic E-state index is 12.3. The molecule has 0 unspecified atom stereocenters. The number of nitrogens with zero attached hydrogens (tertiary/aromatic N) is 2. The van der Waals surface area contributed by atoms with Crippen molar-refractivity contribution >= 4 is 11.6 Å². The first-order chi connectivity index (χ1) is 12.7. The number of piperazine rings is 1. The van der Waals surface area contributed by atoms with Gasteiger partial charge in [0, 0.05) is 26.2 Å². The van der Waals surface area contributed by atoms with E-state index < -0.39 is 0 Å². The number of rotatable bonds is 6. The lowest BCUT2D eigenvalue weighted by molar-refractivity contribution is -0.136. The number of hydrogen-bond donors (Lipinski definition) is 1. The van der Waals surface area contributed by atoms with Gasteiger partial charge in [0.15, 0.2) is 0 Å². The van der Waals surface area contributed by atoms with E-state index in [4.69, 9.17) is 9.47 Å². The molecule has 0 bridgehead atoms. The van der Waals surface area contributed by atoms with E-state index in [2.05, 4.69) is 4.90 Å². The van der Waals surface area contributed by atoms with Gasteiger partial charge >= 0.3 is 0 Å². The smallest absolute Gasteiger partial charge is 0.248 e. The number of aromatic hydroxyl groups is 1. The molecule has 1 fully saturated rings. The summed E-state index contributed by atoms with van der Waals surface area (Å²) in [5, 5.41) is 9.95. The van der Waals surface area contributed by atoms with E-state index in [1.165, 1.54) is 0 Å². The number of phenols is 1. The third-order valence-corrected chi connectivity index (χ3v) is 4.48. The molecule has 2 aromatic carbocycles. The van der Waals surface area contributed by atoms with Gasteiger partial charge in [-0.25, -0.2) is 0 Å². The van der Waals surface area contributed by atoms with Crippen LogP contribution in [0.5, 0.6) is 11.5 Å². The highest BCUT2D eigenvalue weighted by Crippen LogP contribution is 2.27. The number of amides is 1. The minimum absolute atomic E-state index is 0.00942. The highest BCUT2D eigenvalue weighted by atomic mass is 16.5. The fourth-order valence-electron chi connectivity index (χ4n) is 3.04. The van der Waals surface area contributed by atoms with E-state index in [0.29, 0.717) is 32.8 Å². The maximum absolute atomic E-state index is 12.3. The van der Waals surface area contributed by atoms with E-state index in [0.717, 1.165) is 17.0 Å². The van der Waals surface area contributed by atoms with Crippen molar-refractivity contribution in [3.05, 3.63) is 54.1 Å². The summed E-state index contributed by atoms with van der Waals surface area (Å²) < 4.78 is 10.7. The van der Waals surface area contributed by atoms with Crippen LogP contribution < -0.4 is 9.64 Å². The molecule has 2 aromatic rings. The normalized spacial score (nSPS) is 14.3. The Morgan fingerprint density at radius 3 is 2.58 bits per heavy atom. The molecular weight excluding hydrogens is 332 g/mol. The molecule has 138 valence electrons. The minimum Gasteiger partial charge on any atom is -0.506 e. The summed E-state index contributed by atoms with van der Waals surface area (Å²) in [6, 6.07) is 14.9. The second kappa shape index (κ2) is 8.58. The van der Waals surface area contributed by atoms with Crippen molar-refractivity contribution in [1.82, 2.24) is 4.90 Å². The molecule has 6 heteroatoms. The Balaban J connectivity index is 1.44. The molecule has 0 aliphatic carbocycles. The summed E-state index contributed by atoms with van der Waals surface area (Å²) in [6.45, 7) is 3.07. The topological polar surface area (TPSA) is 62.2 Å². The number of para-hydroxylation sites is 2. The average Bonchev–Trinajstić information content (AvgIpc) is 2.68. The Morgan fingerprint density at radius 1 is 1.08 bits per heavy atom. The lowest BCUT2D eigenvalue weighted by Gasteiger charge is -2.36. The first-order valence-electron chi connectivity index (χ1n) is 8.69. The number of methoxy groups -OCH3 is 1. The minimum atomic E-state index is -0.00942. The number of benzene rings is 2. The predicted octanol–water partition coefficient (Wildman–Crippen LogP) is 2.27. The standard InChI is InChI=1S/C20H24N2O4/c1-25-17-6-4-5-16(13-17)14-26-15-20(24)22-11-9-21(10-12-22)18-7-2-3-8-19(18)23/h2-8,13,23H,9-12,14-15H2,1H3. The largest absolute Gasteiger partial charge is 0.506 e. The Bertz CT molecular complexity index is 742. The molecule has 0 radical (unpaired) electrons. The quantitative estimate of drug-likeness (QED) is 0.860. The summed E-state index contributed by atoms with van der Waals surface area (Å²) in [4.78, 5) is 16.2. The summed E-state index contributed by atoms with van der Waals surface area (Å²) >= 11 is 0. The van der Waals surface area contributed by atoms with E-state index >= 15 is 0 Å². The Morgan fingerprint density at radius 2 is 1.85 bits per heavy atom. The van der Waals surface area contributed by atoms with Gasteiger partial charge in [-0.05, 0) is 29.8 Å². The van der Waals surface area contributed by atoms with Crippen molar-refractivity contribution in [3.8, 4) is 11.5 Å². The zero-order valence-corrected chi connectivity index (χ0v) is 14.9. The van der Waals surface area contributed by atoms with E-state index in [9.17, 15) is 9.90 Å². The van der Waals surface area contributed by atoms with E-state index in [-0.39, 0.29) is 18.3 Å².